The van der Waals surface area contributed by atoms with Gasteiger partial charge in [0.25, 0.3) is 11.8 Å². The standard InChI is InChI=1S/C19H16N2O6/c1-25-19(24)16(20-26-2)13-8-4-3-7-12(13)11-27-21-17(22)14-9-5-6-10-15(14)18(21)23/h3-10H,11H2,1-2H3/b20-16-. The highest BCUT2D eigenvalue weighted by atomic mass is 16.7. The Balaban J connectivity index is 1.84. The van der Waals surface area contributed by atoms with E-state index in [1.54, 1.807) is 48.5 Å². The van der Waals surface area contributed by atoms with Gasteiger partial charge in [0.15, 0.2) is 5.71 Å². The molecule has 0 aliphatic carbocycles. The molecule has 3 rings (SSSR count). The van der Waals surface area contributed by atoms with Gasteiger partial charge in [0.1, 0.15) is 13.7 Å². The molecule has 1 aliphatic rings. The Bertz CT molecular complexity index is 902. The van der Waals surface area contributed by atoms with Gasteiger partial charge in [-0.05, 0) is 17.7 Å². The third-order valence-electron chi connectivity index (χ3n) is 3.94. The minimum Gasteiger partial charge on any atom is -0.464 e. The summed E-state index contributed by atoms with van der Waals surface area (Å²) >= 11 is 0. The van der Waals surface area contributed by atoms with Gasteiger partial charge in [0, 0.05) is 5.56 Å². The number of methoxy groups -OCH3 is 1. The Morgan fingerprint density at radius 2 is 1.56 bits per heavy atom. The molecule has 0 N–H and O–H groups in total. The second-order valence-corrected chi connectivity index (χ2v) is 5.49. The van der Waals surface area contributed by atoms with Crippen molar-refractivity contribution in [3.63, 3.8) is 0 Å². The maximum Gasteiger partial charge on any atom is 0.360 e. The molecule has 0 atom stereocenters. The second kappa shape index (κ2) is 7.79. The van der Waals surface area contributed by atoms with E-state index in [0.717, 1.165) is 0 Å². The van der Waals surface area contributed by atoms with Crippen LogP contribution in [0.3, 0.4) is 0 Å². The lowest BCUT2D eigenvalue weighted by molar-refractivity contribution is -0.132. The fraction of sp³-hybridized carbons (Fsp3) is 0.158. The number of carbonyl (C=O) groups is 3. The molecular formula is C19H16N2O6. The maximum atomic E-state index is 12.4. The highest BCUT2D eigenvalue weighted by Crippen LogP contribution is 2.24. The van der Waals surface area contributed by atoms with E-state index >= 15 is 0 Å². The summed E-state index contributed by atoms with van der Waals surface area (Å²) in [4.78, 5) is 46.9. The first kappa shape index (κ1) is 18.3. The second-order valence-electron chi connectivity index (χ2n) is 5.49. The lowest BCUT2D eigenvalue weighted by Gasteiger charge is -2.15. The molecule has 8 nitrogen and oxygen atoms in total. The van der Waals surface area contributed by atoms with Crippen molar-refractivity contribution in [2.75, 3.05) is 14.2 Å². The highest BCUT2D eigenvalue weighted by Gasteiger charge is 2.36. The number of carbonyl (C=O) groups excluding carboxylic acids is 3. The van der Waals surface area contributed by atoms with Gasteiger partial charge in [-0.2, -0.15) is 0 Å². The van der Waals surface area contributed by atoms with Crippen molar-refractivity contribution in [3.05, 3.63) is 70.8 Å². The predicted molar refractivity (Wildman–Crippen MR) is 93.7 cm³/mol. The molecule has 27 heavy (non-hydrogen) atoms. The fourth-order valence-electron chi connectivity index (χ4n) is 2.68. The molecule has 2 aromatic carbocycles. The molecule has 1 aliphatic heterocycles. The predicted octanol–water partition coefficient (Wildman–Crippen LogP) is 1.94. The van der Waals surface area contributed by atoms with Crippen molar-refractivity contribution in [1.29, 1.82) is 0 Å². The molecule has 8 heteroatoms. The Kier molecular flexibility index (Phi) is 5.28. The average molecular weight is 368 g/mol. The molecular weight excluding hydrogens is 352 g/mol. The van der Waals surface area contributed by atoms with Gasteiger partial charge in [-0.15, -0.1) is 5.06 Å². The summed E-state index contributed by atoms with van der Waals surface area (Å²) < 4.78 is 4.72. The van der Waals surface area contributed by atoms with Crippen molar-refractivity contribution < 1.29 is 28.8 Å². The van der Waals surface area contributed by atoms with Crippen LogP contribution in [0.25, 0.3) is 0 Å². The van der Waals surface area contributed by atoms with Crippen LogP contribution in [0, 0.1) is 0 Å². The van der Waals surface area contributed by atoms with Crippen LogP contribution in [0.4, 0.5) is 0 Å². The molecule has 0 bridgehead atoms. The zero-order valence-corrected chi connectivity index (χ0v) is 14.7. The summed E-state index contributed by atoms with van der Waals surface area (Å²) in [5, 5.41) is 4.42. The number of esters is 1. The summed E-state index contributed by atoms with van der Waals surface area (Å²) in [6.07, 6.45) is 0. The van der Waals surface area contributed by atoms with E-state index in [0.29, 0.717) is 16.2 Å². The molecule has 1 heterocycles. The van der Waals surface area contributed by atoms with E-state index in [1.165, 1.54) is 14.2 Å². The van der Waals surface area contributed by atoms with E-state index in [2.05, 4.69) is 5.16 Å². The van der Waals surface area contributed by atoms with Crippen LogP contribution in [0.15, 0.2) is 53.7 Å². The molecule has 0 aromatic heterocycles. The first-order chi connectivity index (χ1) is 13.1. The van der Waals surface area contributed by atoms with Crippen LogP contribution in [0.5, 0.6) is 0 Å². The maximum absolute atomic E-state index is 12.4. The minimum atomic E-state index is -0.690. The van der Waals surface area contributed by atoms with E-state index in [-0.39, 0.29) is 23.4 Å². The van der Waals surface area contributed by atoms with E-state index in [9.17, 15) is 14.4 Å². The van der Waals surface area contributed by atoms with E-state index < -0.39 is 17.8 Å². The number of hydroxylamine groups is 2. The van der Waals surface area contributed by atoms with E-state index in [1.807, 2.05) is 0 Å². The third kappa shape index (κ3) is 3.42. The molecule has 2 amide bonds. The van der Waals surface area contributed by atoms with Gasteiger partial charge in [-0.3, -0.25) is 14.4 Å². The molecule has 0 radical (unpaired) electrons. The number of ether oxygens (including phenoxy) is 1. The first-order valence-corrected chi connectivity index (χ1v) is 7.97. The number of oxime groups is 1. The summed E-state index contributed by atoms with van der Waals surface area (Å²) in [6, 6.07) is 13.2. The molecule has 0 unspecified atom stereocenters. The van der Waals surface area contributed by atoms with Crippen molar-refractivity contribution in [2.45, 2.75) is 6.61 Å². The number of hydrogen-bond acceptors (Lipinski definition) is 7. The summed E-state index contributed by atoms with van der Waals surface area (Å²) in [6.45, 7) is -0.138. The molecule has 0 saturated carbocycles. The molecule has 0 saturated heterocycles. The SMILES string of the molecule is CO/N=C(\C(=O)OC)c1ccccc1CON1C(=O)c2ccccc2C1=O. The summed E-state index contributed by atoms with van der Waals surface area (Å²) in [5.74, 6) is -1.76. The van der Waals surface area contributed by atoms with Gasteiger partial charge in [-0.1, -0.05) is 41.6 Å². The third-order valence-corrected chi connectivity index (χ3v) is 3.94. The van der Waals surface area contributed by atoms with Crippen molar-refractivity contribution in [1.82, 2.24) is 5.06 Å². The number of amides is 2. The Hall–Kier alpha value is -3.52. The number of fused-ring (bicyclic) bond motifs is 1. The summed E-state index contributed by atoms with van der Waals surface area (Å²) in [7, 11) is 2.53. The zero-order chi connectivity index (χ0) is 19.4. The Labute approximate surface area is 154 Å². The Morgan fingerprint density at radius 3 is 2.15 bits per heavy atom. The number of hydrogen-bond donors (Lipinski definition) is 0. The topological polar surface area (TPSA) is 94.5 Å². The number of rotatable bonds is 6. The highest BCUT2D eigenvalue weighted by molar-refractivity contribution is 6.43. The molecule has 138 valence electrons. The lowest BCUT2D eigenvalue weighted by atomic mass is 10.0. The van der Waals surface area contributed by atoms with Crippen LogP contribution in [-0.4, -0.2) is 42.8 Å². The van der Waals surface area contributed by atoms with E-state index in [4.69, 9.17) is 14.4 Å². The zero-order valence-electron chi connectivity index (χ0n) is 14.7. The van der Waals surface area contributed by atoms with Crippen molar-refractivity contribution in [2.24, 2.45) is 5.16 Å². The monoisotopic (exact) mass is 368 g/mol. The van der Waals surface area contributed by atoms with Crippen LogP contribution in [0.2, 0.25) is 0 Å². The van der Waals surface area contributed by atoms with Crippen LogP contribution in [0.1, 0.15) is 31.8 Å². The van der Waals surface area contributed by atoms with Gasteiger partial charge in [0.2, 0.25) is 0 Å². The smallest absolute Gasteiger partial charge is 0.360 e. The normalized spacial score (nSPS) is 13.6. The van der Waals surface area contributed by atoms with Gasteiger partial charge < -0.3 is 9.57 Å². The van der Waals surface area contributed by atoms with Crippen molar-refractivity contribution >= 4 is 23.5 Å². The largest absolute Gasteiger partial charge is 0.464 e. The van der Waals surface area contributed by atoms with Gasteiger partial charge in [-0.25, -0.2) is 4.79 Å². The first-order valence-electron chi connectivity index (χ1n) is 7.97. The Morgan fingerprint density at radius 1 is 0.963 bits per heavy atom. The quantitative estimate of drug-likeness (QED) is 0.335. The van der Waals surface area contributed by atoms with Crippen LogP contribution >= 0.6 is 0 Å². The van der Waals surface area contributed by atoms with Gasteiger partial charge in [0.05, 0.1) is 18.2 Å². The number of imide groups is 1. The van der Waals surface area contributed by atoms with Crippen molar-refractivity contribution in [3.8, 4) is 0 Å². The summed E-state index contributed by atoms with van der Waals surface area (Å²) in [5.41, 5.74) is 1.44. The minimum absolute atomic E-state index is 0.0541. The molecule has 0 fully saturated rings. The van der Waals surface area contributed by atoms with Gasteiger partial charge >= 0.3 is 5.97 Å². The van der Waals surface area contributed by atoms with Crippen LogP contribution in [-0.2, 0) is 25.8 Å². The number of benzene rings is 2. The van der Waals surface area contributed by atoms with Crippen LogP contribution < -0.4 is 0 Å². The molecule has 0 spiro atoms. The average Bonchev–Trinajstić information content (AvgIpc) is 2.95. The lowest BCUT2D eigenvalue weighted by Crippen LogP contribution is -2.30. The fourth-order valence-corrected chi connectivity index (χ4v) is 2.68. The molecule has 2 aromatic rings. The number of nitrogens with zero attached hydrogens (tertiary/aromatic N) is 2.